The molecule has 3 rings (SSSR count). The number of halogens is 4. The van der Waals surface area contributed by atoms with E-state index in [1.165, 1.54) is 0 Å². The average Bonchev–Trinajstić information content (AvgIpc) is 2.92. The molecule has 0 fully saturated rings. The molecule has 1 aromatic carbocycles. The molecule has 0 saturated carbocycles. The van der Waals surface area contributed by atoms with Crippen molar-refractivity contribution in [2.45, 2.75) is 26.1 Å². The third-order valence-corrected chi connectivity index (χ3v) is 5.86. The maximum absolute atomic E-state index is 13.4. The van der Waals surface area contributed by atoms with Crippen molar-refractivity contribution in [2.24, 2.45) is 0 Å². The molecule has 0 unspecified atom stereocenters. The molecule has 1 aliphatic rings. The van der Waals surface area contributed by atoms with Crippen molar-refractivity contribution < 1.29 is 35.5 Å². The van der Waals surface area contributed by atoms with Crippen LogP contribution in [-0.2, 0) is 10.2 Å². The molecule has 0 spiro atoms. The molecule has 0 atom stereocenters. The number of hydrogen-bond donors (Lipinski definition) is 0. The third-order valence-electron chi connectivity index (χ3n) is 3.86. The van der Waals surface area contributed by atoms with Crippen molar-refractivity contribution in [1.82, 2.24) is 13.3 Å². The molecule has 0 amide bonds. The number of imidazole rings is 1. The zero-order valence-corrected chi connectivity index (χ0v) is 14.7. The Bertz CT molecular complexity index is 1060. The van der Waals surface area contributed by atoms with E-state index in [1.807, 2.05) is 0 Å². The molecule has 0 bridgehead atoms. The Morgan fingerprint density at radius 1 is 1.15 bits per heavy atom. The van der Waals surface area contributed by atoms with Crippen LogP contribution < -0.4 is 9.47 Å². The Morgan fingerprint density at radius 2 is 1.67 bits per heavy atom. The van der Waals surface area contributed by atoms with Crippen LogP contribution in [0, 0.1) is 11.3 Å². The Kier molecular flexibility index (Phi) is 4.23. The molecule has 1 aliphatic heterocycles. The predicted octanol–water partition coefficient (Wildman–Crippen LogP) is 2.30. The highest BCUT2D eigenvalue weighted by Crippen LogP contribution is 2.48. The summed E-state index contributed by atoms with van der Waals surface area (Å²) < 4.78 is 88.6. The first-order valence-corrected chi connectivity index (χ1v) is 8.99. The van der Waals surface area contributed by atoms with Crippen LogP contribution in [0.25, 0.3) is 11.0 Å². The molecular formula is C14H12F4N4O4S. The SMILES string of the molecule is CCN(CC)S(=O)(=O)n1c(C#N)nc2cc3c(cc21)OC(F)(F)C(F)(F)O3. The third kappa shape index (κ3) is 2.76. The van der Waals surface area contributed by atoms with Crippen molar-refractivity contribution in [1.29, 1.82) is 5.26 Å². The molecule has 2 heterocycles. The molecule has 8 nitrogen and oxygen atoms in total. The van der Waals surface area contributed by atoms with Gasteiger partial charge in [0.1, 0.15) is 6.07 Å². The molecule has 2 aromatic rings. The second-order valence-electron chi connectivity index (χ2n) is 5.43. The van der Waals surface area contributed by atoms with Gasteiger partial charge in [0.15, 0.2) is 11.5 Å². The Morgan fingerprint density at radius 3 is 2.15 bits per heavy atom. The quantitative estimate of drug-likeness (QED) is 0.720. The molecular weight excluding hydrogens is 396 g/mol. The number of alkyl halides is 4. The fraction of sp³-hybridized carbons (Fsp3) is 0.429. The van der Waals surface area contributed by atoms with Gasteiger partial charge >= 0.3 is 22.4 Å². The number of nitriles is 1. The lowest BCUT2D eigenvalue weighted by Gasteiger charge is -2.31. The van der Waals surface area contributed by atoms with E-state index in [1.54, 1.807) is 19.9 Å². The minimum absolute atomic E-state index is 0.0677. The van der Waals surface area contributed by atoms with Crippen LogP contribution in [-0.4, -0.2) is 47.0 Å². The number of benzene rings is 1. The molecule has 1 aromatic heterocycles. The minimum Gasteiger partial charge on any atom is -0.421 e. The number of hydrogen-bond acceptors (Lipinski definition) is 6. The van der Waals surface area contributed by atoms with E-state index in [4.69, 9.17) is 0 Å². The van der Waals surface area contributed by atoms with Crippen molar-refractivity contribution in [3.8, 4) is 17.6 Å². The van der Waals surface area contributed by atoms with Crippen molar-refractivity contribution >= 4 is 21.2 Å². The lowest BCUT2D eigenvalue weighted by molar-refractivity contribution is -0.391. The zero-order valence-electron chi connectivity index (χ0n) is 13.9. The first-order chi connectivity index (χ1) is 12.5. The van der Waals surface area contributed by atoms with Gasteiger partial charge in [-0.05, 0) is 0 Å². The predicted molar refractivity (Wildman–Crippen MR) is 82.8 cm³/mol. The summed E-state index contributed by atoms with van der Waals surface area (Å²) >= 11 is 0. The number of aromatic nitrogens is 2. The van der Waals surface area contributed by atoms with Gasteiger partial charge in [0, 0.05) is 25.2 Å². The summed E-state index contributed by atoms with van der Waals surface area (Å²) in [6.07, 6.45) is -9.89. The number of fused-ring (bicyclic) bond motifs is 2. The first kappa shape index (κ1) is 19.2. The van der Waals surface area contributed by atoms with E-state index >= 15 is 0 Å². The van der Waals surface area contributed by atoms with E-state index in [0.29, 0.717) is 3.97 Å². The van der Waals surface area contributed by atoms with Gasteiger partial charge in [0.05, 0.1) is 11.0 Å². The maximum Gasteiger partial charge on any atom is 0.507 e. The van der Waals surface area contributed by atoms with Gasteiger partial charge in [-0.1, -0.05) is 13.8 Å². The van der Waals surface area contributed by atoms with Gasteiger partial charge in [0.2, 0.25) is 5.82 Å². The van der Waals surface area contributed by atoms with E-state index in [9.17, 15) is 31.2 Å². The molecule has 0 aliphatic carbocycles. The Hall–Kier alpha value is -2.59. The van der Waals surface area contributed by atoms with Crippen LogP contribution in [0.15, 0.2) is 12.1 Å². The monoisotopic (exact) mass is 408 g/mol. The van der Waals surface area contributed by atoms with Crippen LogP contribution in [0.4, 0.5) is 17.6 Å². The van der Waals surface area contributed by atoms with Crippen LogP contribution in [0.5, 0.6) is 11.5 Å². The maximum atomic E-state index is 13.4. The van der Waals surface area contributed by atoms with Crippen molar-refractivity contribution in [3.05, 3.63) is 18.0 Å². The normalized spacial score (nSPS) is 17.9. The summed E-state index contributed by atoms with van der Waals surface area (Å²) in [4.78, 5) is 3.77. The Balaban J connectivity index is 2.28. The molecule has 0 saturated heterocycles. The van der Waals surface area contributed by atoms with E-state index in [2.05, 4.69) is 14.5 Å². The van der Waals surface area contributed by atoms with Crippen molar-refractivity contribution in [3.63, 3.8) is 0 Å². The molecule has 0 N–H and O–H groups in total. The summed E-state index contributed by atoms with van der Waals surface area (Å²) in [5.74, 6) is -2.13. The topological polar surface area (TPSA) is 97.5 Å². The van der Waals surface area contributed by atoms with Gasteiger partial charge in [-0.2, -0.15) is 39.5 Å². The van der Waals surface area contributed by atoms with Crippen LogP contribution in [0.2, 0.25) is 0 Å². The average molecular weight is 408 g/mol. The lowest BCUT2D eigenvalue weighted by atomic mass is 10.2. The van der Waals surface area contributed by atoms with Crippen LogP contribution in [0.3, 0.4) is 0 Å². The highest BCUT2D eigenvalue weighted by molar-refractivity contribution is 7.87. The highest BCUT2D eigenvalue weighted by Gasteiger charge is 2.66. The number of nitrogens with zero attached hydrogens (tertiary/aromatic N) is 4. The highest BCUT2D eigenvalue weighted by atomic mass is 32.2. The molecule has 0 radical (unpaired) electrons. The first-order valence-electron chi connectivity index (χ1n) is 7.59. The standard InChI is InChI=1S/C14H12F4N4O4S/c1-3-21(4-2)27(23,24)22-9-6-11-10(5-8(9)20-12(22)7-19)25-13(15,16)14(17,18)26-11/h5-6H,3-4H2,1-2H3. The van der Waals surface area contributed by atoms with E-state index in [-0.39, 0.29) is 24.1 Å². The van der Waals surface area contributed by atoms with Crippen molar-refractivity contribution in [2.75, 3.05) is 13.1 Å². The summed E-state index contributed by atoms with van der Waals surface area (Å²) in [7, 11) is -4.27. The number of ether oxygens (including phenoxy) is 2. The van der Waals surface area contributed by atoms with Gasteiger partial charge in [0.25, 0.3) is 0 Å². The molecule has 146 valence electrons. The molecule has 13 heteroatoms. The summed E-state index contributed by atoms with van der Waals surface area (Å²) in [6, 6.07) is 3.16. The van der Waals surface area contributed by atoms with E-state index in [0.717, 1.165) is 16.4 Å². The van der Waals surface area contributed by atoms with Gasteiger partial charge in [-0.25, -0.2) is 4.98 Å². The summed E-state index contributed by atoms with van der Waals surface area (Å²) in [5.41, 5.74) is -0.507. The van der Waals surface area contributed by atoms with Gasteiger partial charge < -0.3 is 9.47 Å². The Labute approximate surface area is 150 Å². The largest absolute Gasteiger partial charge is 0.507 e. The zero-order chi connectivity index (χ0) is 20.2. The van der Waals surface area contributed by atoms with E-state index < -0.39 is 39.7 Å². The van der Waals surface area contributed by atoms with Crippen LogP contribution >= 0.6 is 0 Å². The summed E-state index contributed by atoms with van der Waals surface area (Å²) in [5, 5.41) is 9.22. The van der Waals surface area contributed by atoms with Crippen LogP contribution in [0.1, 0.15) is 19.7 Å². The molecule has 27 heavy (non-hydrogen) atoms. The lowest BCUT2D eigenvalue weighted by Crippen LogP contribution is -2.52. The smallest absolute Gasteiger partial charge is 0.421 e. The summed E-state index contributed by atoms with van der Waals surface area (Å²) in [6.45, 7) is 3.26. The van der Waals surface area contributed by atoms with Gasteiger partial charge in [-0.15, -0.1) is 0 Å². The van der Waals surface area contributed by atoms with Gasteiger partial charge in [-0.3, -0.25) is 0 Å². The fourth-order valence-corrected chi connectivity index (χ4v) is 4.17. The second-order valence-corrected chi connectivity index (χ2v) is 7.21. The fourth-order valence-electron chi connectivity index (χ4n) is 2.59. The second kappa shape index (κ2) is 5.96. The number of rotatable bonds is 4. The minimum atomic E-state index is -4.96.